The van der Waals surface area contributed by atoms with Gasteiger partial charge in [-0.2, -0.15) is 0 Å². The molecule has 0 radical (unpaired) electrons. The number of benzene rings is 2. The summed E-state index contributed by atoms with van der Waals surface area (Å²) in [6, 6.07) is 9.42. The Labute approximate surface area is 137 Å². The first kappa shape index (κ1) is 14.6. The lowest BCUT2D eigenvalue weighted by Gasteiger charge is -2.36. The van der Waals surface area contributed by atoms with Crippen molar-refractivity contribution in [1.82, 2.24) is 4.47 Å². The summed E-state index contributed by atoms with van der Waals surface area (Å²) in [5.41, 5.74) is 1.52. The lowest BCUT2D eigenvalue weighted by Crippen LogP contribution is -2.46. The highest BCUT2D eigenvalue weighted by atomic mass is 35.5. The SMILES string of the molecule is Cc1cc2c(cc1Cl)N1C(=O)c3ccccc3C1N(O)S2(=O)=O. The first-order valence-electron chi connectivity index (χ1n) is 6.80. The molecule has 0 saturated heterocycles. The Bertz CT molecular complexity index is 973. The lowest BCUT2D eigenvalue weighted by atomic mass is 10.1. The molecule has 1 amide bonds. The van der Waals surface area contributed by atoms with Gasteiger partial charge in [-0.15, -0.1) is 0 Å². The Balaban J connectivity index is 2.08. The Hall–Kier alpha value is -1.93. The number of hydroxylamine groups is 1. The highest BCUT2D eigenvalue weighted by Crippen LogP contribution is 2.48. The average molecular weight is 351 g/mol. The predicted molar refractivity (Wildman–Crippen MR) is 83.0 cm³/mol. The molecule has 6 nitrogen and oxygen atoms in total. The van der Waals surface area contributed by atoms with Gasteiger partial charge < -0.3 is 0 Å². The van der Waals surface area contributed by atoms with Crippen molar-refractivity contribution in [3.63, 3.8) is 0 Å². The second kappa shape index (κ2) is 4.55. The van der Waals surface area contributed by atoms with Gasteiger partial charge in [-0.3, -0.25) is 14.9 Å². The fourth-order valence-electron chi connectivity index (χ4n) is 3.03. The number of fused-ring (bicyclic) bond motifs is 5. The number of nitrogens with zero attached hydrogens (tertiary/aromatic N) is 2. The molecule has 4 rings (SSSR count). The zero-order valence-corrected chi connectivity index (χ0v) is 13.5. The van der Waals surface area contributed by atoms with E-state index in [0.29, 0.717) is 21.7 Å². The highest BCUT2D eigenvalue weighted by molar-refractivity contribution is 7.89. The van der Waals surface area contributed by atoms with Crippen molar-refractivity contribution in [3.8, 4) is 0 Å². The normalized spacial score (nSPS) is 21.8. The maximum absolute atomic E-state index is 12.7. The number of hydrogen-bond donors (Lipinski definition) is 1. The Morgan fingerprint density at radius 2 is 1.91 bits per heavy atom. The number of rotatable bonds is 0. The van der Waals surface area contributed by atoms with E-state index < -0.39 is 16.2 Å². The minimum atomic E-state index is -4.14. The summed E-state index contributed by atoms with van der Waals surface area (Å²) in [6.07, 6.45) is -1.12. The minimum absolute atomic E-state index is 0.140. The van der Waals surface area contributed by atoms with E-state index in [9.17, 15) is 18.4 Å². The van der Waals surface area contributed by atoms with Crippen molar-refractivity contribution in [1.29, 1.82) is 0 Å². The largest absolute Gasteiger partial charge is 0.297 e. The van der Waals surface area contributed by atoms with Crippen molar-refractivity contribution in [2.45, 2.75) is 18.0 Å². The molecule has 1 atom stereocenters. The predicted octanol–water partition coefficient (Wildman–Crippen LogP) is 2.70. The summed E-state index contributed by atoms with van der Waals surface area (Å²) in [7, 11) is -4.14. The van der Waals surface area contributed by atoms with Gasteiger partial charge in [0.25, 0.3) is 15.9 Å². The van der Waals surface area contributed by atoms with Crippen LogP contribution >= 0.6 is 11.6 Å². The second-order valence-corrected chi connectivity index (χ2v) is 7.65. The van der Waals surface area contributed by atoms with Crippen LogP contribution in [0.3, 0.4) is 0 Å². The second-order valence-electron chi connectivity index (χ2n) is 5.48. The van der Waals surface area contributed by atoms with Gasteiger partial charge in [0.05, 0.1) is 5.69 Å². The standard InChI is InChI=1S/C15H11ClN2O4S/c1-8-6-13-12(7-11(8)16)17-14(18(20)23(13,21)22)9-4-2-3-5-10(9)15(17)19/h2-7,14,20H,1H3. The number of hydrogen-bond acceptors (Lipinski definition) is 4. The van der Waals surface area contributed by atoms with Crippen LogP contribution in [0.1, 0.15) is 27.7 Å². The molecule has 2 heterocycles. The molecule has 2 aromatic carbocycles. The van der Waals surface area contributed by atoms with Crippen LogP contribution in [-0.4, -0.2) is 24.0 Å². The summed E-state index contributed by atoms with van der Waals surface area (Å²) in [5.74, 6) is -0.374. The van der Waals surface area contributed by atoms with Crippen LogP contribution in [-0.2, 0) is 10.0 Å². The Morgan fingerprint density at radius 1 is 1.22 bits per heavy atom. The van der Waals surface area contributed by atoms with Gasteiger partial charge in [0.2, 0.25) is 0 Å². The zero-order valence-electron chi connectivity index (χ0n) is 11.9. The van der Waals surface area contributed by atoms with Gasteiger partial charge in [-0.05, 0) is 30.7 Å². The van der Waals surface area contributed by atoms with Crippen LogP contribution in [0.15, 0.2) is 41.3 Å². The van der Waals surface area contributed by atoms with Crippen molar-refractivity contribution < 1.29 is 18.4 Å². The number of anilines is 1. The number of halogens is 1. The average Bonchev–Trinajstić information content (AvgIpc) is 2.81. The molecule has 2 aliphatic heterocycles. The van der Waals surface area contributed by atoms with E-state index in [1.807, 2.05) is 0 Å². The van der Waals surface area contributed by atoms with E-state index in [0.717, 1.165) is 0 Å². The molecular weight excluding hydrogens is 340 g/mol. The molecule has 0 saturated carbocycles. The molecule has 118 valence electrons. The summed E-state index contributed by atoms with van der Waals surface area (Å²) >= 11 is 6.12. The van der Waals surface area contributed by atoms with Crippen LogP contribution in [0.5, 0.6) is 0 Å². The molecule has 0 aliphatic carbocycles. The summed E-state index contributed by atoms with van der Waals surface area (Å²) in [5, 5.41) is 10.7. The quantitative estimate of drug-likeness (QED) is 0.792. The molecule has 0 aromatic heterocycles. The number of carbonyl (C=O) groups excluding carboxylic acids is 1. The van der Waals surface area contributed by atoms with Gasteiger partial charge in [0.1, 0.15) is 4.90 Å². The van der Waals surface area contributed by atoms with E-state index in [4.69, 9.17) is 11.6 Å². The zero-order chi connectivity index (χ0) is 16.5. The maximum atomic E-state index is 12.7. The third-order valence-corrected chi connectivity index (χ3v) is 6.15. The summed E-state index contributed by atoms with van der Waals surface area (Å²) in [6.45, 7) is 1.66. The minimum Gasteiger partial charge on any atom is -0.297 e. The lowest BCUT2D eigenvalue weighted by molar-refractivity contribution is -0.0369. The van der Waals surface area contributed by atoms with Crippen molar-refractivity contribution in [3.05, 3.63) is 58.1 Å². The van der Waals surface area contributed by atoms with Crippen LogP contribution in [0, 0.1) is 6.92 Å². The van der Waals surface area contributed by atoms with E-state index in [1.165, 1.54) is 17.0 Å². The topological polar surface area (TPSA) is 77.9 Å². The first-order chi connectivity index (χ1) is 10.8. The molecule has 0 spiro atoms. The van der Waals surface area contributed by atoms with Crippen molar-refractivity contribution in [2.75, 3.05) is 4.90 Å². The van der Waals surface area contributed by atoms with Gasteiger partial charge in [0, 0.05) is 16.1 Å². The van der Waals surface area contributed by atoms with E-state index in [1.54, 1.807) is 31.2 Å². The molecule has 0 bridgehead atoms. The van der Waals surface area contributed by atoms with E-state index >= 15 is 0 Å². The molecule has 8 heteroatoms. The number of aryl methyl sites for hydroxylation is 1. The molecule has 2 aromatic rings. The summed E-state index contributed by atoms with van der Waals surface area (Å²) < 4.78 is 25.5. The van der Waals surface area contributed by atoms with Crippen LogP contribution in [0.2, 0.25) is 5.02 Å². The fourth-order valence-corrected chi connectivity index (χ4v) is 4.60. The molecule has 0 fully saturated rings. The third-order valence-electron chi connectivity index (χ3n) is 4.17. The highest BCUT2D eigenvalue weighted by Gasteiger charge is 2.51. The first-order valence-corrected chi connectivity index (χ1v) is 8.62. The van der Waals surface area contributed by atoms with Gasteiger partial charge in [-0.1, -0.05) is 34.3 Å². The maximum Gasteiger partial charge on any atom is 0.269 e. The molecule has 1 N–H and O–H groups in total. The van der Waals surface area contributed by atoms with Crippen LogP contribution < -0.4 is 4.90 Å². The Kier molecular flexibility index (Phi) is 2.90. The number of amides is 1. The monoisotopic (exact) mass is 350 g/mol. The Morgan fingerprint density at radius 3 is 2.65 bits per heavy atom. The molecule has 2 aliphatic rings. The third kappa shape index (κ3) is 1.76. The number of sulfonamides is 1. The van der Waals surface area contributed by atoms with Gasteiger partial charge in [-0.25, -0.2) is 8.42 Å². The van der Waals surface area contributed by atoms with Crippen molar-refractivity contribution >= 4 is 33.2 Å². The van der Waals surface area contributed by atoms with Gasteiger partial charge in [0.15, 0.2) is 6.17 Å². The number of carbonyl (C=O) groups is 1. The van der Waals surface area contributed by atoms with E-state index in [-0.39, 0.29) is 21.0 Å². The van der Waals surface area contributed by atoms with Gasteiger partial charge >= 0.3 is 0 Å². The molecular formula is C15H11ClN2O4S. The smallest absolute Gasteiger partial charge is 0.269 e. The molecule has 23 heavy (non-hydrogen) atoms. The van der Waals surface area contributed by atoms with Crippen LogP contribution in [0.25, 0.3) is 0 Å². The van der Waals surface area contributed by atoms with E-state index in [2.05, 4.69) is 0 Å². The molecule has 1 unspecified atom stereocenters. The van der Waals surface area contributed by atoms with Crippen molar-refractivity contribution in [2.24, 2.45) is 0 Å². The summed E-state index contributed by atoms with van der Waals surface area (Å²) in [4.78, 5) is 13.8. The van der Waals surface area contributed by atoms with Crippen LogP contribution in [0.4, 0.5) is 5.69 Å². The fraction of sp³-hybridized carbons (Fsp3) is 0.133.